The molecule has 1 aliphatic rings. The van der Waals surface area contributed by atoms with Gasteiger partial charge in [-0.25, -0.2) is 0 Å². The molecule has 1 aromatic heterocycles. The molecule has 0 bridgehead atoms. The van der Waals surface area contributed by atoms with Gasteiger partial charge < -0.3 is 10.6 Å². The van der Waals surface area contributed by atoms with Gasteiger partial charge in [-0.15, -0.1) is 0 Å². The Kier molecular flexibility index (Phi) is 4.24. The predicted molar refractivity (Wildman–Crippen MR) is 74.4 cm³/mol. The molecule has 0 fully saturated rings. The van der Waals surface area contributed by atoms with E-state index in [1.165, 1.54) is 11.3 Å². The normalized spacial score (nSPS) is 16.2. The molecule has 0 spiro atoms. The highest BCUT2D eigenvalue weighted by Gasteiger charge is 2.22. The SMILES string of the molecule is CCN(CC)CCN1CCc2nn(C)c(N)c2C1. The van der Waals surface area contributed by atoms with Crippen LogP contribution in [0, 0.1) is 0 Å². The molecule has 0 aromatic carbocycles. The second-order valence-electron chi connectivity index (χ2n) is 4.99. The van der Waals surface area contributed by atoms with E-state index >= 15 is 0 Å². The van der Waals surface area contributed by atoms with E-state index in [0.717, 1.165) is 51.5 Å². The van der Waals surface area contributed by atoms with E-state index in [-0.39, 0.29) is 0 Å². The van der Waals surface area contributed by atoms with Gasteiger partial charge in [-0.2, -0.15) is 5.10 Å². The van der Waals surface area contributed by atoms with Crippen molar-refractivity contribution < 1.29 is 0 Å². The lowest BCUT2D eigenvalue weighted by atomic mass is 10.1. The Balaban J connectivity index is 1.93. The van der Waals surface area contributed by atoms with Crippen LogP contribution in [-0.4, -0.2) is 52.3 Å². The van der Waals surface area contributed by atoms with E-state index < -0.39 is 0 Å². The van der Waals surface area contributed by atoms with Crippen molar-refractivity contribution in [2.45, 2.75) is 26.8 Å². The Bertz CT molecular complexity index is 394. The molecule has 5 nitrogen and oxygen atoms in total. The van der Waals surface area contributed by atoms with Crippen molar-refractivity contribution in [3.63, 3.8) is 0 Å². The Hall–Kier alpha value is -1.07. The van der Waals surface area contributed by atoms with Crippen molar-refractivity contribution in [1.29, 1.82) is 0 Å². The number of nitrogens with two attached hydrogens (primary N) is 1. The zero-order chi connectivity index (χ0) is 13.1. The van der Waals surface area contributed by atoms with Gasteiger partial charge in [-0.05, 0) is 13.1 Å². The molecular formula is C13H25N5. The molecule has 2 N–H and O–H groups in total. The fourth-order valence-corrected chi connectivity index (χ4v) is 2.59. The van der Waals surface area contributed by atoms with Crippen LogP contribution in [-0.2, 0) is 20.0 Å². The second-order valence-corrected chi connectivity index (χ2v) is 4.99. The van der Waals surface area contributed by atoms with Gasteiger partial charge in [0.1, 0.15) is 5.82 Å². The van der Waals surface area contributed by atoms with E-state index in [0.29, 0.717) is 0 Å². The number of anilines is 1. The molecule has 0 radical (unpaired) electrons. The summed E-state index contributed by atoms with van der Waals surface area (Å²) in [5, 5.41) is 4.47. The first-order valence-electron chi connectivity index (χ1n) is 6.90. The summed E-state index contributed by atoms with van der Waals surface area (Å²) >= 11 is 0. The van der Waals surface area contributed by atoms with Crippen LogP contribution >= 0.6 is 0 Å². The number of rotatable bonds is 5. The fourth-order valence-electron chi connectivity index (χ4n) is 2.59. The summed E-state index contributed by atoms with van der Waals surface area (Å²) in [6.07, 6.45) is 1.03. The smallest absolute Gasteiger partial charge is 0.126 e. The topological polar surface area (TPSA) is 50.3 Å². The number of nitrogen functional groups attached to an aromatic ring is 1. The van der Waals surface area contributed by atoms with Gasteiger partial charge in [0.15, 0.2) is 0 Å². The minimum Gasteiger partial charge on any atom is -0.384 e. The van der Waals surface area contributed by atoms with E-state index in [9.17, 15) is 0 Å². The summed E-state index contributed by atoms with van der Waals surface area (Å²) < 4.78 is 1.80. The molecule has 2 rings (SSSR count). The highest BCUT2D eigenvalue weighted by atomic mass is 15.3. The van der Waals surface area contributed by atoms with Crippen LogP contribution < -0.4 is 5.73 Å². The molecule has 0 saturated heterocycles. The average Bonchev–Trinajstić information content (AvgIpc) is 2.67. The van der Waals surface area contributed by atoms with Gasteiger partial charge in [0.25, 0.3) is 0 Å². The van der Waals surface area contributed by atoms with Crippen molar-refractivity contribution in [2.75, 3.05) is 38.5 Å². The lowest BCUT2D eigenvalue weighted by molar-refractivity contribution is 0.202. The van der Waals surface area contributed by atoms with Crippen LogP contribution in [0.3, 0.4) is 0 Å². The van der Waals surface area contributed by atoms with E-state index in [2.05, 4.69) is 28.7 Å². The van der Waals surface area contributed by atoms with Crippen LogP contribution in [0.1, 0.15) is 25.1 Å². The summed E-state index contributed by atoms with van der Waals surface area (Å²) in [5.41, 5.74) is 8.49. The lowest BCUT2D eigenvalue weighted by Gasteiger charge is -2.29. The number of likely N-dealkylation sites (N-methyl/N-ethyl adjacent to an activating group) is 1. The Labute approximate surface area is 110 Å². The van der Waals surface area contributed by atoms with Crippen LogP contribution in [0.2, 0.25) is 0 Å². The highest BCUT2D eigenvalue weighted by molar-refractivity contribution is 5.44. The standard InChI is InChI=1S/C13H25N5/c1-4-17(5-2)8-9-18-7-6-12-11(10-18)13(14)16(3)15-12/h4-10,14H2,1-3H3. The fraction of sp³-hybridized carbons (Fsp3) is 0.769. The first kappa shape index (κ1) is 13.4. The van der Waals surface area contributed by atoms with Crippen molar-refractivity contribution >= 4 is 5.82 Å². The molecule has 0 unspecified atom stereocenters. The quantitative estimate of drug-likeness (QED) is 0.837. The number of aromatic nitrogens is 2. The third-order valence-corrected chi connectivity index (χ3v) is 3.95. The zero-order valence-corrected chi connectivity index (χ0v) is 11.8. The third-order valence-electron chi connectivity index (χ3n) is 3.95. The van der Waals surface area contributed by atoms with Crippen molar-refractivity contribution in [1.82, 2.24) is 19.6 Å². The number of nitrogens with zero attached hydrogens (tertiary/aromatic N) is 4. The minimum atomic E-state index is 0.831. The van der Waals surface area contributed by atoms with E-state index in [1.807, 2.05) is 7.05 Å². The third kappa shape index (κ3) is 2.67. The largest absolute Gasteiger partial charge is 0.384 e. The molecule has 2 heterocycles. The Morgan fingerprint density at radius 3 is 2.72 bits per heavy atom. The summed E-state index contributed by atoms with van der Waals surface area (Å²) in [5.74, 6) is 0.831. The number of hydrogen-bond donors (Lipinski definition) is 1. The maximum Gasteiger partial charge on any atom is 0.126 e. The second kappa shape index (κ2) is 5.71. The Morgan fingerprint density at radius 1 is 1.33 bits per heavy atom. The summed E-state index contributed by atoms with van der Waals surface area (Å²) in [7, 11) is 1.92. The molecule has 5 heteroatoms. The molecule has 1 aliphatic heterocycles. The van der Waals surface area contributed by atoms with Gasteiger partial charge >= 0.3 is 0 Å². The maximum atomic E-state index is 6.06. The van der Waals surface area contributed by atoms with Crippen molar-refractivity contribution in [3.05, 3.63) is 11.3 Å². The van der Waals surface area contributed by atoms with Crippen LogP contribution in [0.15, 0.2) is 0 Å². The predicted octanol–water partition coefficient (Wildman–Crippen LogP) is 0.702. The summed E-state index contributed by atoms with van der Waals surface area (Å²) in [6, 6.07) is 0. The molecular weight excluding hydrogens is 226 g/mol. The molecule has 0 saturated carbocycles. The van der Waals surface area contributed by atoms with E-state index in [1.54, 1.807) is 4.68 Å². The van der Waals surface area contributed by atoms with Gasteiger partial charge in [0, 0.05) is 45.2 Å². The average molecular weight is 251 g/mol. The van der Waals surface area contributed by atoms with E-state index in [4.69, 9.17) is 5.73 Å². The monoisotopic (exact) mass is 251 g/mol. The molecule has 1 aromatic rings. The van der Waals surface area contributed by atoms with Crippen LogP contribution in [0.25, 0.3) is 0 Å². The number of hydrogen-bond acceptors (Lipinski definition) is 4. The first-order valence-corrected chi connectivity index (χ1v) is 6.90. The van der Waals surface area contributed by atoms with Crippen LogP contribution in [0.5, 0.6) is 0 Å². The van der Waals surface area contributed by atoms with Gasteiger partial charge in [0.2, 0.25) is 0 Å². The lowest BCUT2D eigenvalue weighted by Crippen LogP contribution is -2.37. The summed E-state index contributed by atoms with van der Waals surface area (Å²) in [6.45, 7) is 11.0. The highest BCUT2D eigenvalue weighted by Crippen LogP contribution is 2.22. The van der Waals surface area contributed by atoms with Crippen molar-refractivity contribution in [2.24, 2.45) is 7.05 Å². The molecule has 18 heavy (non-hydrogen) atoms. The van der Waals surface area contributed by atoms with Gasteiger partial charge in [-0.3, -0.25) is 9.58 Å². The molecule has 0 amide bonds. The molecule has 102 valence electrons. The van der Waals surface area contributed by atoms with Gasteiger partial charge in [0.05, 0.1) is 5.69 Å². The number of fused-ring (bicyclic) bond motifs is 1. The maximum absolute atomic E-state index is 6.06. The minimum absolute atomic E-state index is 0.831. The zero-order valence-electron chi connectivity index (χ0n) is 11.8. The van der Waals surface area contributed by atoms with Crippen molar-refractivity contribution in [3.8, 4) is 0 Å². The molecule has 0 aliphatic carbocycles. The number of aryl methyl sites for hydroxylation is 1. The summed E-state index contributed by atoms with van der Waals surface area (Å²) in [4.78, 5) is 4.95. The Morgan fingerprint density at radius 2 is 2.06 bits per heavy atom. The molecule has 0 atom stereocenters. The first-order chi connectivity index (χ1) is 8.65. The van der Waals surface area contributed by atoms with Crippen LogP contribution in [0.4, 0.5) is 5.82 Å². The van der Waals surface area contributed by atoms with Gasteiger partial charge in [-0.1, -0.05) is 13.8 Å².